The standard InChI is InChI=1S/C19H21FN6O2/c1-3-22-17-13(9-21)10-23-19(25-17)24-15-5-4-12(8-16(15)28-2)18(27)26-7-6-14(20)11-26/h4-5,8,10,14H,3,6-7,11H2,1-2H3,(H2,22,23,24,25). The van der Waals surface area contributed by atoms with Gasteiger partial charge in [-0.25, -0.2) is 9.37 Å². The molecule has 1 aliphatic heterocycles. The number of rotatable bonds is 6. The van der Waals surface area contributed by atoms with Crippen LogP contribution in [0.5, 0.6) is 5.75 Å². The van der Waals surface area contributed by atoms with Gasteiger partial charge in [0.05, 0.1) is 25.5 Å². The summed E-state index contributed by atoms with van der Waals surface area (Å²) >= 11 is 0. The van der Waals surface area contributed by atoms with Crippen molar-refractivity contribution in [1.29, 1.82) is 5.26 Å². The summed E-state index contributed by atoms with van der Waals surface area (Å²) in [5, 5.41) is 15.2. The first-order valence-corrected chi connectivity index (χ1v) is 8.95. The Balaban J connectivity index is 1.82. The molecule has 8 nitrogen and oxygen atoms in total. The highest BCUT2D eigenvalue weighted by Gasteiger charge is 2.27. The lowest BCUT2D eigenvalue weighted by molar-refractivity contribution is 0.0782. The fourth-order valence-corrected chi connectivity index (χ4v) is 2.96. The van der Waals surface area contributed by atoms with Crippen molar-refractivity contribution >= 4 is 23.4 Å². The van der Waals surface area contributed by atoms with Crippen LogP contribution >= 0.6 is 0 Å². The number of halogens is 1. The van der Waals surface area contributed by atoms with Crippen LogP contribution in [0.4, 0.5) is 21.8 Å². The first-order valence-electron chi connectivity index (χ1n) is 8.95. The molecule has 2 heterocycles. The van der Waals surface area contributed by atoms with E-state index in [1.807, 2.05) is 13.0 Å². The maximum atomic E-state index is 13.4. The molecule has 0 spiro atoms. The van der Waals surface area contributed by atoms with Gasteiger partial charge >= 0.3 is 0 Å². The van der Waals surface area contributed by atoms with Crippen molar-refractivity contribution in [3.63, 3.8) is 0 Å². The average Bonchev–Trinajstić information content (AvgIpc) is 3.14. The van der Waals surface area contributed by atoms with E-state index in [1.54, 1.807) is 18.2 Å². The highest BCUT2D eigenvalue weighted by Crippen LogP contribution is 2.29. The van der Waals surface area contributed by atoms with E-state index in [1.165, 1.54) is 18.2 Å². The predicted molar refractivity (Wildman–Crippen MR) is 103 cm³/mol. The maximum Gasteiger partial charge on any atom is 0.254 e. The number of anilines is 3. The fourth-order valence-electron chi connectivity index (χ4n) is 2.96. The zero-order valence-electron chi connectivity index (χ0n) is 15.7. The summed E-state index contributed by atoms with van der Waals surface area (Å²) in [6, 6.07) is 6.97. The lowest BCUT2D eigenvalue weighted by atomic mass is 10.1. The number of carbonyl (C=O) groups excluding carboxylic acids is 1. The predicted octanol–water partition coefficient (Wildman–Crippen LogP) is 2.72. The third-order valence-corrected chi connectivity index (χ3v) is 4.37. The van der Waals surface area contributed by atoms with Crippen molar-refractivity contribution in [2.75, 3.05) is 37.4 Å². The summed E-state index contributed by atoms with van der Waals surface area (Å²) in [4.78, 5) is 22.5. The Hall–Kier alpha value is -3.41. The maximum absolute atomic E-state index is 13.4. The molecular weight excluding hydrogens is 363 g/mol. The van der Waals surface area contributed by atoms with Gasteiger partial charge in [0.2, 0.25) is 5.95 Å². The van der Waals surface area contributed by atoms with Gasteiger partial charge in [0.15, 0.2) is 0 Å². The monoisotopic (exact) mass is 384 g/mol. The number of nitrogens with zero attached hydrogens (tertiary/aromatic N) is 4. The SMILES string of the molecule is CCNc1nc(Nc2ccc(C(=O)N3CCC(F)C3)cc2OC)ncc1C#N. The van der Waals surface area contributed by atoms with E-state index in [0.29, 0.717) is 47.9 Å². The minimum absolute atomic E-state index is 0.118. The second-order valence-electron chi connectivity index (χ2n) is 6.28. The summed E-state index contributed by atoms with van der Waals surface area (Å²) in [5.74, 6) is 0.920. The lowest BCUT2D eigenvalue weighted by Crippen LogP contribution is -2.28. The van der Waals surface area contributed by atoms with Crippen LogP contribution in [0, 0.1) is 11.3 Å². The first-order chi connectivity index (χ1) is 13.5. The molecule has 1 saturated heterocycles. The molecule has 0 bridgehead atoms. The number of hydrogen-bond acceptors (Lipinski definition) is 7. The van der Waals surface area contributed by atoms with Gasteiger partial charge in [-0.2, -0.15) is 10.2 Å². The van der Waals surface area contributed by atoms with Crippen molar-refractivity contribution in [2.24, 2.45) is 0 Å². The van der Waals surface area contributed by atoms with Crippen LogP contribution in [0.3, 0.4) is 0 Å². The number of likely N-dealkylation sites (tertiary alicyclic amines) is 1. The molecule has 28 heavy (non-hydrogen) atoms. The molecule has 1 atom stereocenters. The van der Waals surface area contributed by atoms with Crippen molar-refractivity contribution in [1.82, 2.24) is 14.9 Å². The normalized spacial score (nSPS) is 15.8. The molecule has 1 aromatic heterocycles. The third kappa shape index (κ3) is 4.11. The molecule has 0 aliphatic carbocycles. The van der Waals surface area contributed by atoms with Gasteiger partial charge in [-0.3, -0.25) is 4.79 Å². The van der Waals surface area contributed by atoms with E-state index in [0.717, 1.165) is 0 Å². The molecule has 1 fully saturated rings. The lowest BCUT2D eigenvalue weighted by Gasteiger charge is -2.17. The molecule has 0 saturated carbocycles. The highest BCUT2D eigenvalue weighted by molar-refractivity contribution is 5.95. The number of nitriles is 1. The zero-order chi connectivity index (χ0) is 20.1. The van der Waals surface area contributed by atoms with Crippen LogP contribution in [0.1, 0.15) is 29.3 Å². The minimum Gasteiger partial charge on any atom is -0.495 e. The van der Waals surface area contributed by atoms with E-state index in [2.05, 4.69) is 20.6 Å². The topological polar surface area (TPSA) is 103 Å². The van der Waals surface area contributed by atoms with Crippen molar-refractivity contribution in [3.05, 3.63) is 35.5 Å². The molecule has 9 heteroatoms. The average molecular weight is 384 g/mol. The Morgan fingerprint density at radius 1 is 1.50 bits per heavy atom. The number of aromatic nitrogens is 2. The van der Waals surface area contributed by atoms with Crippen molar-refractivity contribution < 1.29 is 13.9 Å². The quantitative estimate of drug-likeness (QED) is 0.789. The summed E-state index contributed by atoms with van der Waals surface area (Å²) in [6.45, 7) is 3.05. The second kappa shape index (κ2) is 8.52. The van der Waals surface area contributed by atoms with Crippen molar-refractivity contribution in [2.45, 2.75) is 19.5 Å². The molecule has 0 radical (unpaired) electrons. The van der Waals surface area contributed by atoms with E-state index < -0.39 is 6.17 Å². The molecule has 1 unspecified atom stereocenters. The molecular formula is C19H21FN6O2. The smallest absolute Gasteiger partial charge is 0.254 e. The molecule has 3 rings (SSSR count). The molecule has 1 amide bonds. The third-order valence-electron chi connectivity index (χ3n) is 4.37. The number of ether oxygens (including phenoxy) is 1. The van der Waals surface area contributed by atoms with Gasteiger partial charge in [-0.05, 0) is 31.5 Å². The number of hydrogen-bond donors (Lipinski definition) is 2. The molecule has 1 aliphatic rings. The highest BCUT2D eigenvalue weighted by atomic mass is 19.1. The van der Waals surface area contributed by atoms with E-state index in [4.69, 9.17) is 10.00 Å². The summed E-state index contributed by atoms with van der Waals surface area (Å²) in [5.41, 5.74) is 1.33. The molecule has 2 N–H and O–H groups in total. The van der Waals surface area contributed by atoms with Crippen LogP contribution in [-0.2, 0) is 0 Å². The first kappa shape index (κ1) is 19.4. The number of alkyl halides is 1. The number of methoxy groups -OCH3 is 1. The van der Waals surface area contributed by atoms with Crippen LogP contribution in [-0.4, -0.2) is 53.7 Å². The number of amides is 1. The Labute approximate surface area is 162 Å². The van der Waals surface area contributed by atoms with Crippen LogP contribution in [0.15, 0.2) is 24.4 Å². The van der Waals surface area contributed by atoms with Gasteiger partial charge in [0.1, 0.15) is 29.4 Å². The van der Waals surface area contributed by atoms with Gasteiger partial charge in [0, 0.05) is 18.7 Å². The van der Waals surface area contributed by atoms with Gasteiger partial charge in [0.25, 0.3) is 5.91 Å². The minimum atomic E-state index is -0.966. The molecule has 146 valence electrons. The number of carbonyl (C=O) groups is 1. The van der Waals surface area contributed by atoms with E-state index in [-0.39, 0.29) is 18.4 Å². The van der Waals surface area contributed by atoms with E-state index >= 15 is 0 Å². The second-order valence-corrected chi connectivity index (χ2v) is 6.28. The fraction of sp³-hybridized carbons (Fsp3) is 0.368. The van der Waals surface area contributed by atoms with Gasteiger partial charge in [-0.15, -0.1) is 0 Å². The Bertz CT molecular complexity index is 914. The number of benzene rings is 1. The Morgan fingerprint density at radius 3 is 2.96 bits per heavy atom. The van der Waals surface area contributed by atoms with Crippen molar-refractivity contribution in [3.8, 4) is 11.8 Å². The number of nitrogens with one attached hydrogen (secondary N) is 2. The largest absolute Gasteiger partial charge is 0.495 e. The van der Waals surface area contributed by atoms with Gasteiger partial charge in [-0.1, -0.05) is 0 Å². The zero-order valence-corrected chi connectivity index (χ0v) is 15.7. The van der Waals surface area contributed by atoms with E-state index in [9.17, 15) is 9.18 Å². The Morgan fingerprint density at radius 2 is 2.32 bits per heavy atom. The van der Waals surface area contributed by atoms with Crippen LogP contribution < -0.4 is 15.4 Å². The summed E-state index contributed by atoms with van der Waals surface area (Å²) < 4.78 is 18.8. The van der Waals surface area contributed by atoms with Gasteiger partial charge < -0.3 is 20.3 Å². The Kier molecular flexibility index (Phi) is 5.89. The summed E-state index contributed by atoms with van der Waals surface area (Å²) in [7, 11) is 1.49. The summed E-state index contributed by atoms with van der Waals surface area (Å²) in [6.07, 6.45) is 0.830. The molecule has 2 aromatic rings. The van der Waals surface area contributed by atoms with Crippen LogP contribution in [0.2, 0.25) is 0 Å². The van der Waals surface area contributed by atoms with Crippen LogP contribution in [0.25, 0.3) is 0 Å². The molecule has 1 aromatic carbocycles.